The van der Waals surface area contributed by atoms with Gasteiger partial charge in [-0.15, -0.1) is 0 Å². The molecule has 4 heteroatoms. The molecule has 0 radical (unpaired) electrons. The molecule has 0 saturated carbocycles. The molecule has 0 amide bonds. The van der Waals surface area contributed by atoms with Crippen molar-refractivity contribution in [3.05, 3.63) is 0 Å². The summed E-state index contributed by atoms with van der Waals surface area (Å²) in [6, 6.07) is 0. The summed E-state index contributed by atoms with van der Waals surface area (Å²) in [7, 11) is 0. The van der Waals surface area contributed by atoms with Gasteiger partial charge in [0.1, 0.15) is 0 Å². The number of nitrogens with zero attached hydrogens (tertiary/aromatic N) is 1. The second-order valence-electron chi connectivity index (χ2n) is 5.58. The van der Waals surface area contributed by atoms with Gasteiger partial charge in [0.2, 0.25) is 0 Å². The maximum atomic E-state index is 10.2. The van der Waals surface area contributed by atoms with Crippen molar-refractivity contribution in [2.75, 3.05) is 32.8 Å². The zero-order valence-electron chi connectivity index (χ0n) is 11.4. The second kappa shape index (κ2) is 6.69. The van der Waals surface area contributed by atoms with E-state index in [0.29, 0.717) is 6.61 Å². The first-order valence-electron chi connectivity index (χ1n) is 6.63. The van der Waals surface area contributed by atoms with E-state index in [2.05, 4.69) is 18.7 Å². The zero-order chi connectivity index (χ0) is 12.9. The Morgan fingerprint density at radius 3 is 2.41 bits per heavy atom. The quantitative estimate of drug-likeness (QED) is 0.729. The molecule has 1 atom stereocenters. The van der Waals surface area contributed by atoms with Crippen LogP contribution >= 0.6 is 0 Å². The zero-order valence-corrected chi connectivity index (χ0v) is 11.4. The molecule has 0 aliphatic carbocycles. The minimum atomic E-state index is -0.612. The van der Waals surface area contributed by atoms with E-state index in [0.717, 1.165) is 32.5 Å². The number of likely N-dealkylation sites (tertiary alicyclic amines) is 1. The van der Waals surface area contributed by atoms with Gasteiger partial charge in [0.15, 0.2) is 0 Å². The Morgan fingerprint density at radius 1 is 1.35 bits per heavy atom. The number of aliphatic hydroxyl groups is 2. The Bertz CT molecular complexity index is 211. The fourth-order valence-corrected chi connectivity index (χ4v) is 2.09. The van der Waals surface area contributed by atoms with E-state index in [1.165, 1.54) is 0 Å². The molecular formula is C13H27NO3. The van der Waals surface area contributed by atoms with Gasteiger partial charge in [0.25, 0.3) is 0 Å². The first-order chi connectivity index (χ1) is 7.95. The number of aliphatic hydroxyl groups excluding tert-OH is 1. The third-order valence-corrected chi connectivity index (χ3v) is 3.77. The predicted molar refractivity (Wildman–Crippen MR) is 68.0 cm³/mol. The third-order valence-electron chi connectivity index (χ3n) is 3.77. The fourth-order valence-electron chi connectivity index (χ4n) is 2.09. The van der Waals surface area contributed by atoms with E-state index in [1.54, 1.807) is 0 Å². The summed E-state index contributed by atoms with van der Waals surface area (Å²) < 4.78 is 5.52. The molecule has 1 saturated heterocycles. The van der Waals surface area contributed by atoms with Crippen LogP contribution in [0, 0.1) is 5.92 Å². The summed E-state index contributed by atoms with van der Waals surface area (Å²) in [5, 5.41) is 18.9. The summed E-state index contributed by atoms with van der Waals surface area (Å²) in [5.74, 6) is 0.269. The Kier molecular flexibility index (Phi) is 5.86. The number of hydrogen-bond donors (Lipinski definition) is 2. The molecule has 1 aliphatic heterocycles. The van der Waals surface area contributed by atoms with Crippen molar-refractivity contribution in [1.82, 2.24) is 4.90 Å². The summed E-state index contributed by atoms with van der Waals surface area (Å²) in [6.07, 6.45) is 2.27. The van der Waals surface area contributed by atoms with Crippen molar-refractivity contribution >= 4 is 0 Å². The van der Waals surface area contributed by atoms with E-state index in [-0.39, 0.29) is 18.6 Å². The van der Waals surface area contributed by atoms with Gasteiger partial charge in [-0.3, -0.25) is 0 Å². The molecule has 1 heterocycles. The number of rotatable bonds is 6. The normalized spacial score (nSPS) is 22.9. The van der Waals surface area contributed by atoms with Crippen molar-refractivity contribution in [2.45, 2.75) is 45.3 Å². The summed E-state index contributed by atoms with van der Waals surface area (Å²) in [4.78, 5) is 2.30. The molecule has 0 spiro atoms. The fraction of sp³-hybridized carbons (Fsp3) is 1.00. The average molecular weight is 245 g/mol. The molecule has 0 aromatic carbocycles. The van der Waals surface area contributed by atoms with E-state index < -0.39 is 5.60 Å². The van der Waals surface area contributed by atoms with Crippen LogP contribution in [-0.4, -0.2) is 59.7 Å². The monoisotopic (exact) mass is 245 g/mol. The van der Waals surface area contributed by atoms with Crippen molar-refractivity contribution in [1.29, 1.82) is 0 Å². The highest BCUT2D eigenvalue weighted by Crippen LogP contribution is 2.21. The van der Waals surface area contributed by atoms with Crippen LogP contribution in [0.1, 0.15) is 33.6 Å². The number of piperidine rings is 1. The van der Waals surface area contributed by atoms with Gasteiger partial charge >= 0.3 is 0 Å². The third kappa shape index (κ3) is 4.92. The largest absolute Gasteiger partial charge is 0.394 e. The lowest BCUT2D eigenvalue weighted by molar-refractivity contribution is -0.0474. The van der Waals surface area contributed by atoms with Crippen LogP contribution in [0.25, 0.3) is 0 Å². The van der Waals surface area contributed by atoms with Crippen molar-refractivity contribution < 1.29 is 14.9 Å². The Labute approximate surface area is 105 Å². The standard InChI is InChI=1S/C13H27NO3/c1-11(2)13(3,16)10-14-6-4-12(5-7-14)17-9-8-15/h11-12,15-16H,4-10H2,1-3H3. The molecule has 0 aromatic rings. The van der Waals surface area contributed by atoms with Crippen molar-refractivity contribution in [3.63, 3.8) is 0 Å². The molecule has 0 aromatic heterocycles. The molecule has 2 N–H and O–H groups in total. The molecular weight excluding hydrogens is 218 g/mol. The molecule has 1 rings (SSSR count). The number of ether oxygens (including phenoxy) is 1. The molecule has 1 aliphatic rings. The molecule has 1 fully saturated rings. The maximum Gasteiger partial charge on any atom is 0.0768 e. The molecule has 4 nitrogen and oxygen atoms in total. The molecule has 17 heavy (non-hydrogen) atoms. The Morgan fingerprint density at radius 2 is 1.94 bits per heavy atom. The minimum absolute atomic E-state index is 0.0995. The molecule has 0 bridgehead atoms. The van der Waals surface area contributed by atoms with Crippen molar-refractivity contribution in [2.24, 2.45) is 5.92 Å². The van der Waals surface area contributed by atoms with E-state index >= 15 is 0 Å². The first-order valence-corrected chi connectivity index (χ1v) is 6.63. The second-order valence-corrected chi connectivity index (χ2v) is 5.58. The van der Waals surface area contributed by atoms with E-state index in [1.807, 2.05) is 6.92 Å². The van der Waals surface area contributed by atoms with Crippen LogP contribution in [0.5, 0.6) is 0 Å². The Hall–Kier alpha value is -0.160. The molecule has 1 unspecified atom stereocenters. The minimum Gasteiger partial charge on any atom is -0.394 e. The van der Waals surface area contributed by atoms with Crippen LogP contribution in [0.15, 0.2) is 0 Å². The number of hydrogen-bond acceptors (Lipinski definition) is 4. The predicted octanol–water partition coefficient (Wildman–Crippen LogP) is 0.867. The van der Waals surface area contributed by atoms with Crippen LogP contribution in [0.2, 0.25) is 0 Å². The lowest BCUT2D eigenvalue weighted by atomic mass is 9.91. The van der Waals surface area contributed by atoms with E-state index in [9.17, 15) is 5.11 Å². The van der Waals surface area contributed by atoms with Gasteiger partial charge in [0.05, 0.1) is 24.9 Å². The highest BCUT2D eigenvalue weighted by Gasteiger charge is 2.29. The lowest BCUT2D eigenvalue weighted by Crippen LogP contribution is -2.48. The van der Waals surface area contributed by atoms with Crippen LogP contribution in [-0.2, 0) is 4.74 Å². The topological polar surface area (TPSA) is 52.9 Å². The van der Waals surface area contributed by atoms with Gasteiger partial charge in [-0.2, -0.15) is 0 Å². The van der Waals surface area contributed by atoms with Crippen LogP contribution in [0.4, 0.5) is 0 Å². The summed E-state index contributed by atoms with van der Waals surface area (Å²) >= 11 is 0. The van der Waals surface area contributed by atoms with Gasteiger partial charge < -0.3 is 19.8 Å². The highest BCUT2D eigenvalue weighted by atomic mass is 16.5. The average Bonchev–Trinajstić information content (AvgIpc) is 2.27. The van der Waals surface area contributed by atoms with Gasteiger partial charge in [-0.25, -0.2) is 0 Å². The first kappa shape index (κ1) is 14.9. The van der Waals surface area contributed by atoms with Gasteiger partial charge in [-0.1, -0.05) is 13.8 Å². The lowest BCUT2D eigenvalue weighted by Gasteiger charge is -2.38. The van der Waals surface area contributed by atoms with Crippen molar-refractivity contribution in [3.8, 4) is 0 Å². The number of β-amino-alcohol motifs (C(OH)–C–C–N with tert-alkyl or cyclic N) is 1. The highest BCUT2D eigenvalue weighted by molar-refractivity contribution is 4.83. The summed E-state index contributed by atoms with van der Waals surface area (Å²) in [6.45, 7) is 9.23. The molecule has 102 valence electrons. The van der Waals surface area contributed by atoms with Gasteiger partial charge in [0, 0.05) is 19.6 Å². The van der Waals surface area contributed by atoms with Crippen LogP contribution < -0.4 is 0 Å². The van der Waals surface area contributed by atoms with Gasteiger partial charge in [-0.05, 0) is 25.7 Å². The SMILES string of the molecule is CC(C)C(C)(O)CN1CCC(OCCO)CC1. The Balaban J connectivity index is 2.27. The maximum absolute atomic E-state index is 10.2. The van der Waals surface area contributed by atoms with E-state index in [4.69, 9.17) is 9.84 Å². The summed E-state index contributed by atoms with van der Waals surface area (Å²) in [5.41, 5.74) is -0.612. The van der Waals surface area contributed by atoms with Crippen LogP contribution in [0.3, 0.4) is 0 Å². The smallest absolute Gasteiger partial charge is 0.0768 e.